The van der Waals surface area contributed by atoms with Gasteiger partial charge in [-0.15, -0.1) is 0 Å². The van der Waals surface area contributed by atoms with E-state index < -0.39 is 0 Å². The minimum absolute atomic E-state index is 0.154. The SMILES string of the molecule is CC(C)c1ccc2ncc(=O)[nH]c2c1. The summed E-state index contributed by atoms with van der Waals surface area (Å²) in [4.78, 5) is 17.9. The van der Waals surface area contributed by atoms with Crippen LogP contribution in [-0.2, 0) is 0 Å². The maximum atomic E-state index is 11.0. The number of aromatic nitrogens is 2. The molecule has 0 bridgehead atoms. The van der Waals surface area contributed by atoms with E-state index in [-0.39, 0.29) is 5.56 Å². The predicted molar refractivity (Wildman–Crippen MR) is 56.5 cm³/mol. The van der Waals surface area contributed by atoms with Gasteiger partial charge in [0.25, 0.3) is 5.56 Å². The third kappa shape index (κ3) is 1.53. The van der Waals surface area contributed by atoms with Crippen LogP contribution in [0.25, 0.3) is 11.0 Å². The van der Waals surface area contributed by atoms with E-state index in [1.54, 1.807) is 0 Å². The molecule has 0 amide bonds. The first-order chi connectivity index (χ1) is 6.66. The van der Waals surface area contributed by atoms with Crippen molar-refractivity contribution in [1.82, 2.24) is 9.97 Å². The summed E-state index contributed by atoms with van der Waals surface area (Å²) in [6.07, 6.45) is 1.30. The number of hydrogen-bond donors (Lipinski definition) is 1. The fraction of sp³-hybridized carbons (Fsp3) is 0.273. The van der Waals surface area contributed by atoms with Crippen molar-refractivity contribution in [1.29, 1.82) is 0 Å². The fourth-order valence-corrected chi connectivity index (χ4v) is 1.42. The van der Waals surface area contributed by atoms with Gasteiger partial charge in [0.15, 0.2) is 0 Å². The highest BCUT2D eigenvalue weighted by Crippen LogP contribution is 2.17. The third-order valence-corrected chi connectivity index (χ3v) is 2.27. The smallest absolute Gasteiger partial charge is 0.266 e. The summed E-state index contributed by atoms with van der Waals surface area (Å²) in [7, 11) is 0. The molecule has 0 saturated heterocycles. The molecule has 3 nitrogen and oxygen atoms in total. The second-order valence-corrected chi connectivity index (χ2v) is 3.68. The highest BCUT2D eigenvalue weighted by Gasteiger charge is 2.01. The Bertz CT molecular complexity index is 514. The molecule has 0 aliphatic heterocycles. The lowest BCUT2D eigenvalue weighted by molar-refractivity contribution is 0.867. The zero-order valence-corrected chi connectivity index (χ0v) is 8.24. The van der Waals surface area contributed by atoms with Gasteiger partial charge in [-0.05, 0) is 23.6 Å². The summed E-state index contributed by atoms with van der Waals surface area (Å²) in [6.45, 7) is 4.24. The number of aromatic amines is 1. The van der Waals surface area contributed by atoms with E-state index in [0.717, 1.165) is 11.0 Å². The lowest BCUT2D eigenvalue weighted by Gasteiger charge is -2.05. The van der Waals surface area contributed by atoms with Crippen LogP contribution in [0.5, 0.6) is 0 Å². The Labute approximate surface area is 81.8 Å². The number of hydrogen-bond acceptors (Lipinski definition) is 2. The molecule has 0 aliphatic rings. The van der Waals surface area contributed by atoms with Gasteiger partial charge in [0, 0.05) is 0 Å². The van der Waals surface area contributed by atoms with E-state index in [2.05, 4.69) is 23.8 Å². The molecule has 0 spiro atoms. The Kier molecular flexibility index (Phi) is 2.08. The summed E-state index contributed by atoms with van der Waals surface area (Å²) in [5.74, 6) is 0.461. The van der Waals surface area contributed by atoms with Gasteiger partial charge >= 0.3 is 0 Å². The second kappa shape index (κ2) is 3.25. The van der Waals surface area contributed by atoms with Gasteiger partial charge in [-0.3, -0.25) is 4.79 Å². The molecular weight excluding hydrogens is 176 g/mol. The Balaban J connectivity index is 2.69. The number of nitrogens with zero attached hydrogens (tertiary/aromatic N) is 1. The lowest BCUT2D eigenvalue weighted by atomic mass is 10.0. The first-order valence-corrected chi connectivity index (χ1v) is 4.66. The average Bonchev–Trinajstić information content (AvgIpc) is 2.16. The van der Waals surface area contributed by atoms with Gasteiger partial charge in [0.1, 0.15) is 0 Å². The van der Waals surface area contributed by atoms with Crippen LogP contribution in [0.3, 0.4) is 0 Å². The summed E-state index contributed by atoms with van der Waals surface area (Å²) >= 11 is 0. The van der Waals surface area contributed by atoms with Crippen molar-refractivity contribution < 1.29 is 0 Å². The molecule has 0 unspecified atom stereocenters. The first kappa shape index (κ1) is 8.94. The lowest BCUT2D eigenvalue weighted by Crippen LogP contribution is -2.05. The fourth-order valence-electron chi connectivity index (χ4n) is 1.42. The van der Waals surface area contributed by atoms with Gasteiger partial charge < -0.3 is 4.98 Å². The van der Waals surface area contributed by atoms with E-state index >= 15 is 0 Å². The van der Waals surface area contributed by atoms with Crippen LogP contribution in [0.1, 0.15) is 25.3 Å². The number of nitrogens with one attached hydrogen (secondary N) is 1. The molecule has 0 fully saturated rings. The summed E-state index contributed by atoms with van der Waals surface area (Å²) < 4.78 is 0. The van der Waals surface area contributed by atoms with Crippen molar-refractivity contribution >= 4 is 11.0 Å². The molecular formula is C11H12N2O. The van der Waals surface area contributed by atoms with Crippen molar-refractivity contribution in [2.24, 2.45) is 0 Å². The van der Waals surface area contributed by atoms with E-state index in [0.29, 0.717) is 5.92 Å². The Hall–Kier alpha value is -1.64. The summed E-state index contributed by atoms with van der Waals surface area (Å²) in [6, 6.07) is 5.95. The standard InChI is InChI=1S/C11H12N2O/c1-7(2)8-3-4-9-10(5-8)13-11(14)6-12-9/h3-7H,1-2H3,(H,13,14). The molecule has 0 radical (unpaired) electrons. The zero-order chi connectivity index (χ0) is 10.1. The van der Waals surface area contributed by atoms with Crippen molar-refractivity contribution in [3.63, 3.8) is 0 Å². The quantitative estimate of drug-likeness (QED) is 0.744. The highest BCUT2D eigenvalue weighted by molar-refractivity contribution is 5.74. The average molecular weight is 188 g/mol. The van der Waals surface area contributed by atoms with Gasteiger partial charge in [0.2, 0.25) is 0 Å². The highest BCUT2D eigenvalue weighted by atomic mass is 16.1. The van der Waals surface area contributed by atoms with Gasteiger partial charge in [-0.25, -0.2) is 4.98 Å². The molecule has 1 aromatic heterocycles. The van der Waals surface area contributed by atoms with Crippen LogP contribution < -0.4 is 5.56 Å². The van der Waals surface area contributed by atoms with E-state index in [1.165, 1.54) is 11.8 Å². The summed E-state index contributed by atoms with van der Waals surface area (Å²) in [5, 5.41) is 0. The minimum atomic E-state index is -0.154. The molecule has 1 N–H and O–H groups in total. The zero-order valence-electron chi connectivity index (χ0n) is 8.24. The van der Waals surface area contributed by atoms with Crippen LogP contribution in [0.2, 0.25) is 0 Å². The topological polar surface area (TPSA) is 45.8 Å². The normalized spacial score (nSPS) is 11.1. The molecule has 1 heterocycles. The van der Waals surface area contributed by atoms with E-state index in [1.807, 2.05) is 18.2 Å². The first-order valence-electron chi connectivity index (χ1n) is 4.66. The van der Waals surface area contributed by atoms with Crippen molar-refractivity contribution in [2.45, 2.75) is 19.8 Å². The second-order valence-electron chi connectivity index (χ2n) is 3.68. The third-order valence-electron chi connectivity index (χ3n) is 2.27. The van der Waals surface area contributed by atoms with Gasteiger partial charge in [-0.1, -0.05) is 19.9 Å². The number of rotatable bonds is 1. The molecule has 72 valence electrons. The van der Waals surface area contributed by atoms with Gasteiger partial charge in [-0.2, -0.15) is 0 Å². The largest absolute Gasteiger partial charge is 0.319 e. The van der Waals surface area contributed by atoms with E-state index in [4.69, 9.17) is 0 Å². The van der Waals surface area contributed by atoms with Crippen molar-refractivity contribution in [2.75, 3.05) is 0 Å². The Morgan fingerprint density at radius 3 is 2.86 bits per heavy atom. The van der Waals surface area contributed by atoms with Crippen LogP contribution in [-0.4, -0.2) is 9.97 Å². The molecule has 2 aromatic rings. The Morgan fingerprint density at radius 2 is 2.14 bits per heavy atom. The summed E-state index contributed by atoms with van der Waals surface area (Å²) in [5.41, 5.74) is 2.69. The monoisotopic (exact) mass is 188 g/mol. The molecule has 0 atom stereocenters. The molecule has 14 heavy (non-hydrogen) atoms. The molecule has 0 saturated carbocycles. The number of H-pyrrole nitrogens is 1. The maximum absolute atomic E-state index is 11.0. The molecule has 2 rings (SSSR count). The van der Waals surface area contributed by atoms with Crippen LogP contribution >= 0.6 is 0 Å². The Morgan fingerprint density at radius 1 is 1.36 bits per heavy atom. The predicted octanol–water partition coefficient (Wildman–Crippen LogP) is 2.05. The molecule has 3 heteroatoms. The number of fused-ring (bicyclic) bond motifs is 1. The van der Waals surface area contributed by atoms with Gasteiger partial charge in [0.05, 0.1) is 17.2 Å². The minimum Gasteiger partial charge on any atom is -0.319 e. The van der Waals surface area contributed by atoms with Crippen molar-refractivity contribution in [3.05, 3.63) is 40.3 Å². The molecule has 1 aromatic carbocycles. The van der Waals surface area contributed by atoms with E-state index in [9.17, 15) is 4.79 Å². The maximum Gasteiger partial charge on any atom is 0.266 e. The molecule has 0 aliphatic carbocycles. The van der Waals surface area contributed by atoms with Crippen molar-refractivity contribution in [3.8, 4) is 0 Å². The van der Waals surface area contributed by atoms with Crippen LogP contribution in [0, 0.1) is 0 Å². The number of benzene rings is 1. The van der Waals surface area contributed by atoms with Crippen LogP contribution in [0.15, 0.2) is 29.2 Å². The van der Waals surface area contributed by atoms with Crippen LogP contribution in [0.4, 0.5) is 0 Å².